The third-order valence-electron chi connectivity index (χ3n) is 2.57. The van der Waals surface area contributed by atoms with Gasteiger partial charge in [0, 0.05) is 5.92 Å². The highest BCUT2D eigenvalue weighted by atomic mass is 14.4. The highest BCUT2D eigenvalue weighted by Gasteiger charge is 2.31. The summed E-state index contributed by atoms with van der Waals surface area (Å²) in [7, 11) is 0. The molecule has 0 radical (unpaired) electrons. The Morgan fingerprint density at radius 3 is 2.45 bits per heavy atom. The van der Waals surface area contributed by atoms with Gasteiger partial charge in [0.15, 0.2) is 0 Å². The number of nitrogens with zero attached hydrogens (tertiary/aromatic N) is 1. The van der Waals surface area contributed by atoms with Crippen molar-refractivity contribution in [2.24, 2.45) is 17.3 Å². The van der Waals surface area contributed by atoms with Gasteiger partial charge >= 0.3 is 0 Å². The minimum absolute atomic E-state index is 0.314. The first kappa shape index (κ1) is 8.59. The minimum atomic E-state index is 0.314. The Bertz CT molecular complexity index is 176. The van der Waals surface area contributed by atoms with Gasteiger partial charge in [0.05, 0.1) is 6.07 Å². The number of rotatable bonds is 0. The number of nitriles is 1. The monoisotopic (exact) mass is 151 g/mol. The van der Waals surface area contributed by atoms with E-state index >= 15 is 0 Å². The summed E-state index contributed by atoms with van der Waals surface area (Å²) < 4.78 is 0. The van der Waals surface area contributed by atoms with Crippen molar-refractivity contribution in [1.82, 2.24) is 0 Å². The molecule has 1 rings (SSSR count). The zero-order valence-electron chi connectivity index (χ0n) is 7.72. The molecule has 0 amide bonds. The van der Waals surface area contributed by atoms with E-state index in [2.05, 4.69) is 26.8 Å². The number of hydrogen-bond donors (Lipinski definition) is 0. The summed E-state index contributed by atoms with van der Waals surface area (Å²) in [5.74, 6) is 1.05. The molecule has 1 fully saturated rings. The molecule has 1 saturated carbocycles. The van der Waals surface area contributed by atoms with Crippen molar-refractivity contribution in [2.75, 3.05) is 0 Å². The summed E-state index contributed by atoms with van der Waals surface area (Å²) >= 11 is 0. The molecule has 62 valence electrons. The van der Waals surface area contributed by atoms with Crippen molar-refractivity contribution >= 4 is 0 Å². The molecular formula is C10H17N. The quantitative estimate of drug-likeness (QED) is 0.522. The van der Waals surface area contributed by atoms with E-state index in [9.17, 15) is 0 Å². The van der Waals surface area contributed by atoms with Crippen molar-refractivity contribution in [2.45, 2.75) is 40.0 Å². The third kappa shape index (κ3) is 2.22. The Balaban J connectivity index is 2.60. The fourth-order valence-electron chi connectivity index (χ4n) is 2.44. The molecule has 0 aromatic heterocycles. The van der Waals surface area contributed by atoms with E-state index in [0.29, 0.717) is 11.3 Å². The largest absolute Gasteiger partial charge is 0.198 e. The third-order valence-corrected chi connectivity index (χ3v) is 2.57. The van der Waals surface area contributed by atoms with Crippen LogP contribution in [0.25, 0.3) is 0 Å². The normalized spacial score (nSPS) is 36.2. The van der Waals surface area contributed by atoms with Crippen LogP contribution in [-0.4, -0.2) is 0 Å². The van der Waals surface area contributed by atoms with Gasteiger partial charge in [0.1, 0.15) is 0 Å². The van der Waals surface area contributed by atoms with E-state index in [1.54, 1.807) is 0 Å². The van der Waals surface area contributed by atoms with E-state index in [0.717, 1.165) is 18.8 Å². The molecule has 0 aliphatic heterocycles. The van der Waals surface area contributed by atoms with Crippen molar-refractivity contribution < 1.29 is 0 Å². The van der Waals surface area contributed by atoms with Crippen LogP contribution in [0.15, 0.2) is 0 Å². The van der Waals surface area contributed by atoms with E-state index in [1.807, 2.05) is 0 Å². The molecule has 1 heteroatoms. The van der Waals surface area contributed by atoms with Gasteiger partial charge in [-0.25, -0.2) is 0 Å². The molecular weight excluding hydrogens is 134 g/mol. The predicted molar refractivity (Wildman–Crippen MR) is 45.9 cm³/mol. The van der Waals surface area contributed by atoms with Crippen molar-refractivity contribution in [3.8, 4) is 6.07 Å². The molecule has 2 atom stereocenters. The Kier molecular flexibility index (Phi) is 2.23. The summed E-state index contributed by atoms with van der Waals surface area (Å²) in [5, 5.41) is 8.79. The van der Waals surface area contributed by atoms with Crippen LogP contribution in [0.5, 0.6) is 0 Å². The fraction of sp³-hybridized carbons (Fsp3) is 0.900. The standard InChI is InChI=1S/C10H17N/c1-8-4-9(7-11)6-10(2,3)5-8/h8-9H,4-6H2,1-3H3/t8-,9-/m0/s1. The van der Waals surface area contributed by atoms with Crippen LogP contribution in [0, 0.1) is 28.6 Å². The Morgan fingerprint density at radius 1 is 1.36 bits per heavy atom. The molecule has 0 saturated heterocycles. The maximum absolute atomic E-state index is 8.79. The summed E-state index contributed by atoms with van der Waals surface area (Å²) in [6.45, 7) is 6.80. The average molecular weight is 151 g/mol. The Hall–Kier alpha value is -0.510. The molecule has 0 spiro atoms. The first-order valence-electron chi connectivity index (χ1n) is 4.43. The van der Waals surface area contributed by atoms with Gasteiger partial charge in [-0.15, -0.1) is 0 Å². The van der Waals surface area contributed by atoms with Gasteiger partial charge in [-0.3, -0.25) is 0 Å². The van der Waals surface area contributed by atoms with E-state index in [1.165, 1.54) is 6.42 Å². The van der Waals surface area contributed by atoms with Gasteiger partial charge in [-0.05, 0) is 30.6 Å². The summed E-state index contributed by atoms with van der Waals surface area (Å²) in [6.07, 6.45) is 3.49. The molecule has 11 heavy (non-hydrogen) atoms. The molecule has 0 aromatic rings. The van der Waals surface area contributed by atoms with Gasteiger partial charge in [0.2, 0.25) is 0 Å². The average Bonchev–Trinajstić information content (AvgIpc) is 1.83. The van der Waals surface area contributed by atoms with Crippen molar-refractivity contribution in [1.29, 1.82) is 5.26 Å². The van der Waals surface area contributed by atoms with Gasteiger partial charge < -0.3 is 0 Å². The molecule has 0 aromatic carbocycles. The summed E-state index contributed by atoms with van der Waals surface area (Å²) in [6, 6.07) is 2.39. The maximum atomic E-state index is 8.79. The lowest BCUT2D eigenvalue weighted by Gasteiger charge is -2.36. The highest BCUT2D eigenvalue weighted by molar-refractivity contribution is 4.92. The maximum Gasteiger partial charge on any atom is 0.0656 e. The second-order valence-electron chi connectivity index (χ2n) is 4.74. The first-order valence-corrected chi connectivity index (χ1v) is 4.43. The lowest BCUT2D eigenvalue weighted by molar-refractivity contribution is 0.159. The molecule has 0 N–H and O–H groups in total. The SMILES string of the molecule is C[C@H]1C[C@H](C#N)CC(C)(C)C1. The topological polar surface area (TPSA) is 23.8 Å². The van der Waals surface area contributed by atoms with Gasteiger partial charge in [0.25, 0.3) is 0 Å². The smallest absolute Gasteiger partial charge is 0.0656 e. The minimum Gasteiger partial charge on any atom is -0.198 e. The second-order valence-corrected chi connectivity index (χ2v) is 4.74. The van der Waals surface area contributed by atoms with E-state index in [4.69, 9.17) is 5.26 Å². The summed E-state index contributed by atoms with van der Waals surface area (Å²) in [5.41, 5.74) is 0.401. The zero-order valence-corrected chi connectivity index (χ0v) is 7.72. The van der Waals surface area contributed by atoms with Gasteiger partial charge in [-0.2, -0.15) is 5.26 Å². The first-order chi connectivity index (χ1) is 5.03. The Labute approximate surface area is 69.4 Å². The summed E-state index contributed by atoms with van der Waals surface area (Å²) in [4.78, 5) is 0. The van der Waals surface area contributed by atoms with Crippen molar-refractivity contribution in [3.63, 3.8) is 0 Å². The van der Waals surface area contributed by atoms with E-state index < -0.39 is 0 Å². The molecule has 1 aliphatic carbocycles. The number of hydrogen-bond acceptors (Lipinski definition) is 1. The van der Waals surface area contributed by atoms with Crippen molar-refractivity contribution in [3.05, 3.63) is 0 Å². The zero-order chi connectivity index (χ0) is 8.48. The van der Waals surface area contributed by atoms with E-state index in [-0.39, 0.29) is 0 Å². The lowest BCUT2D eigenvalue weighted by Crippen LogP contribution is -2.26. The fourth-order valence-corrected chi connectivity index (χ4v) is 2.44. The molecule has 1 aliphatic rings. The van der Waals surface area contributed by atoms with Crippen LogP contribution >= 0.6 is 0 Å². The van der Waals surface area contributed by atoms with Crippen LogP contribution in [0.1, 0.15) is 40.0 Å². The molecule has 0 unspecified atom stereocenters. The highest BCUT2D eigenvalue weighted by Crippen LogP contribution is 2.41. The van der Waals surface area contributed by atoms with Gasteiger partial charge in [-0.1, -0.05) is 20.8 Å². The van der Waals surface area contributed by atoms with Crippen LogP contribution in [-0.2, 0) is 0 Å². The van der Waals surface area contributed by atoms with Crippen LogP contribution in [0.2, 0.25) is 0 Å². The van der Waals surface area contributed by atoms with Crippen LogP contribution < -0.4 is 0 Å². The molecule has 1 nitrogen and oxygen atoms in total. The predicted octanol–water partition coefficient (Wildman–Crippen LogP) is 2.97. The Morgan fingerprint density at radius 2 is 2.00 bits per heavy atom. The molecule has 0 heterocycles. The van der Waals surface area contributed by atoms with Crippen LogP contribution in [0.3, 0.4) is 0 Å². The second kappa shape index (κ2) is 2.85. The lowest BCUT2D eigenvalue weighted by atomic mass is 9.68. The molecule has 0 bridgehead atoms. The van der Waals surface area contributed by atoms with Crippen LogP contribution in [0.4, 0.5) is 0 Å².